The number of ether oxygens (including phenoxy) is 2. The van der Waals surface area contributed by atoms with Gasteiger partial charge in [0.2, 0.25) is 0 Å². The zero-order valence-electron chi connectivity index (χ0n) is 17.3. The zero-order valence-corrected chi connectivity index (χ0v) is 18.0. The molecule has 0 aliphatic rings. The topological polar surface area (TPSA) is 71.3 Å². The summed E-state index contributed by atoms with van der Waals surface area (Å²) in [5.41, 5.74) is 1.49. The van der Waals surface area contributed by atoms with E-state index in [0.717, 1.165) is 0 Å². The van der Waals surface area contributed by atoms with Crippen LogP contribution >= 0.6 is 11.6 Å². The number of nitrogens with zero attached hydrogens (tertiary/aromatic N) is 1. The number of amides is 1. The molecule has 0 spiro atoms. The van der Waals surface area contributed by atoms with Gasteiger partial charge in [0.05, 0.1) is 23.3 Å². The smallest absolute Gasteiger partial charge is 0.262 e. The van der Waals surface area contributed by atoms with E-state index in [4.69, 9.17) is 21.1 Å². The zero-order chi connectivity index (χ0) is 22.9. The Balaban J connectivity index is 1.84. The summed E-state index contributed by atoms with van der Waals surface area (Å²) in [6, 6.07) is 20.2. The van der Waals surface area contributed by atoms with Crippen LogP contribution in [0.3, 0.4) is 0 Å². The molecule has 0 bridgehead atoms. The molecule has 0 radical (unpaired) electrons. The lowest BCUT2D eigenvalue weighted by Gasteiger charge is -2.14. The maximum absolute atomic E-state index is 14.1. The van der Waals surface area contributed by atoms with Crippen LogP contribution in [-0.2, 0) is 4.79 Å². The number of hydrogen-bond donors (Lipinski definition) is 1. The fraction of sp³-hybridized carbons (Fsp3) is 0.120. The fourth-order valence-corrected chi connectivity index (χ4v) is 3.22. The maximum Gasteiger partial charge on any atom is 0.262 e. The largest absolute Gasteiger partial charge is 0.490 e. The van der Waals surface area contributed by atoms with Gasteiger partial charge in [-0.2, -0.15) is 5.26 Å². The third kappa shape index (κ3) is 5.87. The first-order valence-electron chi connectivity index (χ1n) is 9.82. The molecule has 0 saturated heterocycles. The molecule has 3 aromatic rings. The highest BCUT2D eigenvalue weighted by Gasteiger charge is 2.15. The molecule has 0 aliphatic carbocycles. The van der Waals surface area contributed by atoms with Crippen molar-refractivity contribution in [2.45, 2.75) is 6.92 Å². The van der Waals surface area contributed by atoms with Crippen LogP contribution < -0.4 is 14.8 Å². The Kier molecular flexibility index (Phi) is 7.85. The standard InChI is InChI=1S/C25H20ClFN2O3/c1-2-31-23-14-17(12-18(15-28)20-10-6-7-11-22(20)27)13-21(26)25(23)32-16-24(30)29-19-8-4-3-5-9-19/h3-14H,2,16H2,1H3,(H,29,30). The fourth-order valence-electron chi connectivity index (χ4n) is 2.95. The molecule has 0 fully saturated rings. The Morgan fingerprint density at radius 1 is 1.12 bits per heavy atom. The van der Waals surface area contributed by atoms with Crippen molar-refractivity contribution >= 4 is 34.8 Å². The van der Waals surface area contributed by atoms with Gasteiger partial charge in [0.15, 0.2) is 18.1 Å². The molecule has 3 rings (SSSR count). The van der Waals surface area contributed by atoms with Crippen LogP contribution in [0.1, 0.15) is 18.1 Å². The lowest BCUT2D eigenvalue weighted by molar-refractivity contribution is -0.118. The molecule has 5 nitrogen and oxygen atoms in total. The molecule has 0 aromatic heterocycles. The number of hydrogen-bond acceptors (Lipinski definition) is 4. The molecule has 0 unspecified atom stereocenters. The number of halogens is 2. The van der Waals surface area contributed by atoms with Gasteiger partial charge in [0.1, 0.15) is 5.82 Å². The summed E-state index contributed by atoms with van der Waals surface area (Å²) in [7, 11) is 0. The van der Waals surface area contributed by atoms with E-state index in [9.17, 15) is 14.4 Å². The summed E-state index contributed by atoms with van der Waals surface area (Å²) in [4.78, 5) is 12.2. The minimum atomic E-state index is -0.499. The van der Waals surface area contributed by atoms with Crippen molar-refractivity contribution in [3.8, 4) is 17.6 Å². The van der Waals surface area contributed by atoms with Gasteiger partial charge in [-0.3, -0.25) is 4.79 Å². The molecule has 1 N–H and O–H groups in total. The lowest BCUT2D eigenvalue weighted by atomic mass is 10.0. The second kappa shape index (κ2) is 11.0. The van der Waals surface area contributed by atoms with Gasteiger partial charge in [0, 0.05) is 11.3 Å². The Bertz CT molecular complexity index is 1170. The molecule has 32 heavy (non-hydrogen) atoms. The van der Waals surface area contributed by atoms with E-state index in [0.29, 0.717) is 23.6 Å². The van der Waals surface area contributed by atoms with E-state index < -0.39 is 5.82 Å². The highest BCUT2D eigenvalue weighted by Crippen LogP contribution is 2.38. The van der Waals surface area contributed by atoms with E-state index in [1.54, 1.807) is 43.3 Å². The number of para-hydroxylation sites is 1. The van der Waals surface area contributed by atoms with Crippen LogP contribution in [0.25, 0.3) is 11.6 Å². The Morgan fingerprint density at radius 2 is 1.84 bits per heavy atom. The molecule has 0 atom stereocenters. The predicted octanol–water partition coefficient (Wildman–Crippen LogP) is 5.96. The van der Waals surface area contributed by atoms with E-state index in [-0.39, 0.29) is 34.4 Å². The number of nitrogens with one attached hydrogen (secondary N) is 1. The first-order valence-corrected chi connectivity index (χ1v) is 10.2. The quantitative estimate of drug-likeness (QED) is 0.339. The maximum atomic E-state index is 14.1. The number of carbonyl (C=O) groups is 1. The minimum absolute atomic E-state index is 0.137. The number of allylic oxidation sites excluding steroid dienone is 1. The van der Waals surface area contributed by atoms with Gasteiger partial charge >= 0.3 is 0 Å². The number of anilines is 1. The molecular formula is C25H20ClFN2O3. The molecule has 162 valence electrons. The lowest BCUT2D eigenvalue weighted by Crippen LogP contribution is -2.20. The van der Waals surface area contributed by atoms with Gasteiger partial charge in [-0.1, -0.05) is 48.0 Å². The van der Waals surface area contributed by atoms with E-state index in [2.05, 4.69) is 5.32 Å². The average molecular weight is 451 g/mol. The van der Waals surface area contributed by atoms with Crippen LogP contribution in [0.4, 0.5) is 10.1 Å². The first-order chi connectivity index (χ1) is 15.5. The van der Waals surface area contributed by atoms with Gasteiger partial charge in [-0.05, 0) is 48.9 Å². The summed E-state index contributed by atoms with van der Waals surface area (Å²) in [5.74, 6) is -0.339. The van der Waals surface area contributed by atoms with Crippen LogP contribution in [0.15, 0.2) is 66.7 Å². The molecule has 3 aromatic carbocycles. The second-order valence-electron chi connectivity index (χ2n) is 6.62. The van der Waals surface area contributed by atoms with Crippen molar-refractivity contribution < 1.29 is 18.7 Å². The van der Waals surface area contributed by atoms with Gasteiger partial charge in [0.25, 0.3) is 5.91 Å². The normalized spacial score (nSPS) is 10.9. The number of benzene rings is 3. The number of nitriles is 1. The van der Waals surface area contributed by atoms with Crippen molar-refractivity contribution in [3.05, 3.63) is 88.7 Å². The van der Waals surface area contributed by atoms with Crippen LogP contribution in [0.5, 0.6) is 11.5 Å². The molecular weight excluding hydrogens is 431 g/mol. The van der Waals surface area contributed by atoms with E-state index in [1.807, 2.05) is 24.3 Å². The van der Waals surface area contributed by atoms with Crippen molar-refractivity contribution in [1.82, 2.24) is 0 Å². The molecule has 0 saturated carbocycles. The molecule has 1 amide bonds. The summed E-state index contributed by atoms with van der Waals surface area (Å²) in [5, 5.41) is 12.4. The summed E-state index contributed by atoms with van der Waals surface area (Å²) < 4.78 is 25.4. The summed E-state index contributed by atoms with van der Waals surface area (Å²) >= 11 is 6.39. The van der Waals surface area contributed by atoms with Crippen LogP contribution in [0, 0.1) is 17.1 Å². The predicted molar refractivity (Wildman–Crippen MR) is 123 cm³/mol. The average Bonchev–Trinajstić information content (AvgIpc) is 2.78. The van der Waals surface area contributed by atoms with Crippen molar-refractivity contribution in [1.29, 1.82) is 5.26 Å². The highest BCUT2D eigenvalue weighted by atomic mass is 35.5. The van der Waals surface area contributed by atoms with E-state index >= 15 is 0 Å². The first kappa shape index (κ1) is 22.9. The van der Waals surface area contributed by atoms with Gasteiger partial charge in [-0.15, -0.1) is 0 Å². The SMILES string of the molecule is CCOc1cc(C=C(C#N)c2ccccc2F)cc(Cl)c1OCC(=O)Nc1ccccc1. The van der Waals surface area contributed by atoms with Crippen molar-refractivity contribution in [3.63, 3.8) is 0 Å². The third-order valence-corrected chi connectivity index (χ3v) is 4.61. The highest BCUT2D eigenvalue weighted by molar-refractivity contribution is 6.32. The number of carbonyl (C=O) groups excluding carboxylic acids is 1. The summed E-state index contributed by atoms with van der Waals surface area (Å²) in [6.45, 7) is 1.85. The Labute approximate surface area is 190 Å². The summed E-state index contributed by atoms with van der Waals surface area (Å²) in [6.07, 6.45) is 1.51. The Morgan fingerprint density at radius 3 is 2.53 bits per heavy atom. The van der Waals surface area contributed by atoms with Crippen molar-refractivity contribution in [2.24, 2.45) is 0 Å². The minimum Gasteiger partial charge on any atom is -0.490 e. The molecule has 0 aliphatic heterocycles. The number of rotatable bonds is 8. The van der Waals surface area contributed by atoms with Crippen LogP contribution in [0.2, 0.25) is 5.02 Å². The third-order valence-electron chi connectivity index (χ3n) is 4.33. The van der Waals surface area contributed by atoms with Crippen molar-refractivity contribution in [2.75, 3.05) is 18.5 Å². The monoisotopic (exact) mass is 450 g/mol. The molecule has 0 heterocycles. The second-order valence-corrected chi connectivity index (χ2v) is 7.02. The van der Waals surface area contributed by atoms with E-state index in [1.165, 1.54) is 18.2 Å². The Hall–Kier alpha value is -3.82. The van der Waals surface area contributed by atoms with Crippen LogP contribution in [-0.4, -0.2) is 19.1 Å². The molecule has 7 heteroatoms. The van der Waals surface area contributed by atoms with Gasteiger partial charge < -0.3 is 14.8 Å². The van der Waals surface area contributed by atoms with Gasteiger partial charge in [-0.25, -0.2) is 4.39 Å².